The number of aromatic nitrogens is 1. The van der Waals surface area contributed by atoms with Crippen LogP contribution in [0.1, 0.15) is 20.8 Å². The van der Waals surface area contributed by atoms with Crippen LogP contribution in [0.3, 0.4) is 0 Å². The Labute approximate surface area is 67.7 Å². The summed E-state index contributed by atoms with van der Waals surface area (Å²) in [6.45, 7) is 6.33. The van der Waals surface area contributed by atoms with Crippen molar-refractivity contribution < 1.29 is 0 Å². The summed E-state index contributed by atoms with van der Waals surface area (Å²) in [5, 5.41) is 3.29. The van der Waals surface area contributed by atoms with Crippen LogP contribution in [0.4, 0.5) is 5.69 Å². The zero-order valence-corrected chi connectivity index (χ0v) is 7.18. The van der Waals surface area contributed by atoms with E-state index in [-0.39, 0.29) is 5.54 Å². The molecular weight excluding hydrogens is 136 g/mol. The molecule has 0 saturated heterocycles. The van der Waals surface area contributed by atoms with Crippen LogP contribution >= 0.6 is 0 Å². The molecule has 0 spiro atoms. The van der Waals surface area contributed by atoms with Gasteiger partial charge in [-0.05, 0) is 26.8 Å². The van der Waals surface area contributed by atoms with Crippen molar-refractivity contribution in [1.29, 1.82) is 0 Å². The first-order valence-electron chi connectivity index (χ1n) is 3.67. The van der Waals surface area contributed by atoms with Gasteiger partial charge in [0.1, 0.15) is 0 Å². The van der Waals surface area contributed by atoms with Crippen molar-refractivity contribution in [3.63, 3.8) is 0 Å². The summed E-state index contributed by atoms with van der Waals surface area (Å²) in [5.41, 5.74) is 1.11. The number of rotatable bonds is 1. The quantitative estimate of drug-likeness (QED) is 0.661. The van der Waals surface area contributed by atoms with Gasteiger partial charge in [0.15, 0.2) is 0 Å². The standard InChI is InChI=1S/C9H13N2/c1-9(2,3)11-8-5-4-6-10-7-8/h5-7,11H,1-3H3. The molecule has 0 aromatic carbocycles. The van der Waals surface area contributed by atoms with E-state index in [1.165, 1.54) is 0 Å². The molecule has 2 nitrogen and oxygen atoms in total. The molecule has 0 fully saturated rings. The maximum absolute atomic E-state index is 3.95. The van der Waals surface area contributed by atoms with Crippen LogP contribution < -0.4 is 5.32 Å². The summed E-state index contributed by atoms with van der Waals surface area (Å²) in [7, 11) is 0. The number of hydrogen-bond donors (Lipinski definition) is 1. The normalized spacial score (nSPS) is 11.2. The lowest BCUT2D eigenvalue weighted by Gasteiger charge is -2.21. The highest BCUT2D eigenvalue weighted by molar-refractivity contribution is 5.41. The molecule has 11 heavy (non-hydrogen) atoms. The highest BCUT2D eigenvalue weighted by Crippen LogP contribution is 2.11. The van der Waals surface area contributed by atoms with Gasteiger partial charge in [0, 0.05) is 24.0 Å². The fourth-order valence-electron chi connectivity index (χ4n) is 0.826. The van der Waals surface area contributed by atoms with Crippen molar-refractivity contribution in [2.24, 2.45) is 0 Å². The molecule has 1 aromatic heterocycles. The molecule has 59 valence electrons. The monoisotopic (exact) mass is 149 g/mol. The zero-order chi connectivity index (χ0) is 8.32. The second-order valence-corrected chi connectivity index (χ2v) is 3.55. The molecular formula is C9H13N2. The minimum Gasteiger partial charge on any atom is -0.379 e. The van der Waals surface area contributed by atoms with Gasteiger partial charge in [-0.25, -0.2) is 0 Å². The van der Waals surface area contributed by atoms with Crippen molar-refractivity contribution in [3.05, 3.63) is 24.5 Å². The predicted molar refractivity (Wildman–Crippen MR) is 46.4 cm³/mol. The van der Waals surface area contributed by atoms with E-state index in [0.717, 1.165) is 5.69 Å². The second-order valence-electron chi connectivity index (χ2n) is 3.55. The largest absolute Gasteiger partial charge is 0.379 e. The minimum atomic E-state index is 0.0941. The molecule has 1 heterocycles. The maximum atomic E-state index is 3.95. The summed E-state index contributed by atoms with van der Waals surface area (Å²) in [4.78, 5) is 3.95. The average Bonchev–Trinajstić information content (AvgIpc) is 1.85. The number of nitrogens with one attached hydrogen (secondary N) is 1. The van der Waals surface area contributed by atoms with E-state index in [9.17, 15) is 0 Å². The van der Waals surface area contributed by atoms with Gasteiger partial charge in [-0.1, -0.05) is 0 Å². The third-order valence-electron chi connectivity index (χ3n) is 1.12. The van der Waals surface area contributed by atoms with Gasteiger partial charge in [-0.3, -0.25) is 4.98 Å². The number of pyridine rings is 1. The highest BCUT2D eigenvalue weighted by Gasteiger charge is 2.07. The topological polar surface area (TPSA) is 24.9 Å². The average molecular weight is 149 g/mol. The van der Waals surface area contributed by atoms with Crippen LogP contribution in [0.25, 0.3) is 0 Å². The lowest BCUT2D eigenvalue weighted by Crippen LogP contribution is -2.25. The van der Waals surface area contributed by atoms with Crippen LogP contribution in [-0.2, 0) is 0 Å². The van der Waals surface area contributed by atoms with Gasteiger partial charge in [0.05, 0.1) is 5.69 Å². The van der Waals surface area contributed by atoms with Crippen molar-refractivity contribution >= 4 is 5.69 Å². The fourth-order valence-corrected chi connectivity index (χ4v) is 0.826. The molecule has 2 heteroatoms. The van der Waals surface area contributed by atoms with E-state index in [0.29, 0.717) is 0 Å². The van der Waals surface area contributed by atoms with Crippen LogP contribution in [0.2, 0.25) is 0 Å². The number of anilines is 1. The number of hydrogen-bond acceptors (Lipinski definition) is 2. The van der Waals surface area contributed by atoms with Crippen molar-refractivity contribution in [1.82, 2.24) is 4.98 Å². The second kappa shape index (κ2) is 2.91. The maximum Gasteiger partial charge on any atom is 0.0536 e. The first-order chi connectivity index (χ1) is 5.08. The molecule has 0 atom stereocenters. The molecule has 0 aliphatic rings. The van der Waals surface area contributed by atoms with Crippen LogP contribution in [0.15, 0.2) is 18.5 Å². The van der Waals surface area contributed by atoms with Crippen LogP contribution in [0, 0.1) is 6.07 Å². The van der Waals surface area contributed by atoms with Gasteiger partial charge in [-0.15, -0.1) is 0 Å². The Morgan fingerprint density at radius 1 is 1.45 bits per heavy atom. The molecule has 1 aromatic rings. The molecule has 0 unspecified atom stereocenters. The van der Waals surface area contributed by atoms with Crippen molar-refractivity contribution in [3.8, 4) is 0 Å². The number of nitrogens with zero attached hydrogens (tertiary/aromatic N) is 1. The third-order valence-corrected chi connectivity index (χ3v) is 1.12. The summed E-state index contributed by atoms with van der Waals surface area (Å²) >= 11 is 0. The van der Waals surface area contributed by atoms with Gasteiger partial charge in [0.25, 0.3) is 0 Å². The fraction of sp³-hybridized carbons (Fsp3) is 0.444. The Kier molecular flexibility index (Phi) is 2.13. The summed E-state index contributed by atoms with van der Waals surface area (Å²) in [5.74, 6) is 0. The first kappa shape index (κ1) is 8.05. The van der Waals surface area contributed by atoms with E-state index in [2.05, 4.69) is 37.1 Å². The first-order valence-corrected chi connectivity index (χ1v) is 3.67. The molecule has 1 radical (unpaired) electrons. The summed E-state index contributed by atoms with van der Waals surface area (Å²) < 4.78 is 0. The third kappa shape index (κ3) is 3.03. The summed E-state index contributed by atoms with van der Waals surface area (Å²) in [6.07, 6.45) is 3.44. The van der Waals surface area contributed by atoms with E-state index >= 15 is 0 Å². The molecule has 0 aliphatic carbocycles. The van der Waals surface area contributed by atoms with E-state index < -0.39 is 0 Å². The molecule has 0 amide bonds. The highest BCUT2D eigenvalue weighted by atomic mass is 15.0. The lowest BCUT2D eigenvalue weighted by atomic mass is 10.1. The Morgan fingerprint density at radius 3 is 2.64 bits per heavy atom. The zero-order valence-electron chi connectivity index (χ0n) is 7.18. The molecule has 0 bridgehead atoms. The minimum absolute atomic E-state index is 0.0941. The SMILES string of the molecule is CC(C)(C)Nc1c[c]cnc1. The Bertz CT molecular complexity index is 211. The van der Waals surface area contributed by atoms with E-state index in [1.807, 2.05) is 6.07 Å². The van der Waals surface area contributed by atoms with Gasteiger partial charge >= 0.3 is 0 Å². The smallest absolute Gasteiger partial charge is 0.0536 e. The van der Waals surface area contributed by atoms with Gasteiger partial charge in [0.2, 0.25) is 0 Å². The van der Waals surface area contributed by atoms with Crippen LogP contribution in [-0.4, -0.2) is 10.5 Å². The lowest BCUT2D eigenvalue weighted by molar-refractivity contribution is 0.633. The Morgan fingerprint density at radius 2 is 2.18 bits per heavy atom. The Hall–Kier alpha value is -1.05. The predicted octanol–water partition coefficient (Wildman–Crippen LogP) is 2.09. The molecule has 1 rings (SSSR count). The van der Waals surface area contributed by atoms with E-state index in [4.69, 9.17) is 0 Å². The van der Waals surface area contributed by atoms with Gasteiger partial charge in [-0.2, -0.15) is 0 Å². The molecule has 0 aliphatic heterocycles. The van der Waals surface area contributed by atoms with Crippen molar-refractivity contribution in [2.45, 2.75) is 26.3 Å². The molecule has 0 saturated carbocycles. The van der Waals surface area contributed by atoms with Crippen LogP contribution in [0.5, 0.6) is 0 Å². The molecule has 1 N–H and O–H groups in total. The Balaban J connectivity index is 2.66. The van der Waals surface area contributed by atoms with Gasteiger partial charge < -0.3 is 5.32 Å². The van der Waals surface area contributed by atoms with E-state index in [1.54, 1.807) is 12.4 Å². The van der Waals surface area contributed by atoms with Crippen molar-refractivity contribution in [2.75, 3.05) is 5.32 Å². The summed E-state index contributed by atoms with van der Waals surface area (Å²) in [6, 6.07) is 4.80.